The Morgan fingerprint density at radius 3 is 3.00 bits per heavy atom. The molecule has 5 nitrogen and oxygen atoms in total. The monoisotopic (exact) mass is 224 g/mol. The molecule has 0 atom stereocenters. The molecule has 0 amide bonds. The van der Waals surface area contributed by atoms with Crippen LogP contribution in [0.4, 0.5) is 4.39 Å². The highest BCUT2D eigenvalue weighted by Gasteiger charge is 2.18. The molecule has 16 heavy (non-hydrogen) atoms. The summed E-state index contributed by atoms with van der Waals surface area (Å²) in [7, 11) is 1.44. The number of pyridine rings is 1. The van der Waals surface area contributed by atoms with E-state index < -0.39 is 11.8 Å². The first-order valence-corrected chi connectivity index (χ1v) is 4.52. The zero-order valence-corrected chi connectivity index (χ0v) is 8.48. The second-order valence-electron chi connectivity index (χ2n) is 3.22. The van der Waals surface area contributed by atoms with Crippen molar-refractivity contribution in [2.75, 3.05) is 7.11 Å². The number of fused-ring (bicyclic) bond motifs is 1. The van der Waals surface area contributed by atoms with Gasteiger partial charge in [0, 0.05) is 13.3 Å². The van der Waals surface area contributed by atoms with Crippen molar-refractivity contribution < 1.29 is 19.0 Å². The SMILES string of the molecule is COCc1nc2ccc(F)cn2c1C(=O)O. The molecule has 2 aromatic rings. The number of aromatic carboxylic acids is 1. The lowest BCUT2D eigenvalue weighted by molar-refractivity contribution is 0.0683. The molecule has 0 unspecified atom stereocenters. The molecule has 0 aliphatic carbocycles. The van der Waals surface area contributed by atoms with Gasteiger partial charge >= 0.3 is 5.97 Å². The Bertz CT molecular complexity index is 550. The average molecular weight is 224 g/mol. The minimum Gasteiger partial charge on any atom is -0.477 e. The summed E-state index contributed by atoms with van der Waals surface area (Å²) in [4.78, 5) is 15.1. The first-order valence-electron chi connectivity index (χ1n) is 4.52. The molecule has 1 N–H and O–H groups in total. The topological polar surface area (TPSA) is 63.8 Å². The number of aromatic nitrogens is 2. The van der Waals surface area contributed by atoms with Crippen LogP contribution in [-0.4, -0.2) is 27.6 Å². The molecular formula is C10H9FN2O3. The summed E-state index contributed by atoms with van der Waals surface area (Å²) in [6.07, 6.45) is 1.09. The molecular weight excluding hydrogens is 215 g/mol. The molecule has 84 valence electrons. The zero-order valence-electron chi connectivity index (χ0n) is 8.48. The van der Waals surface area contributed by atoms with Crippen molar-refractivity contribution >= 4 is 11.6 Å². The molecule has 0 aliphatic heterocycles. The number of hydrogen-bond acceptors (Lipinski definition) is 3. The maximum Gasteiger partial charge on any atom is 0.354 e. The van der Waals surface area contributed by atoms with Gasteiger partial charge in [0.05, 0.1) is 6.61 Å². The van der Waals surface area contributed by atoms with Crippen molar-refractivity contribution in [3.05, 3.63) is 35.5 Å². The quantitative estimate of drug-likeness (QED) is 0.853. The molecule has 0 aromatic carbocycles. The van der Waals surface area contributed by atoms with Gasteiger partial charge in [-0.3, -0.25) is 4.40 Å². The van der Waals surface area contributed by atoms with E-state index in [0.29, 0.717) is 5.65 Å². The number of carbonyl (C=O) groups is 1. The number of nitrogens with zero attached hydrogens (tertiary/aromatic N) is 2. The Morgan fingerprint density at radius 1 is 1.62 bits per heavy atom. The number of methoxy groups -OCH3 is 1. The number of hydrogen-bond donors (Lipinski definition) is 1. The molecule has 0 saturated heterocycles. The average Bonchev–Trinajstić information content (AvgIpc) is 2.55. The van der Waals surface area contributed by atoms with Crippen LogP contribution in [0.3, 0.4) is 0 Å². The molecule has 0 bridgehead atoms. The molecule has 0 fully saturated rings. The standard InChI is InChI=1S/C10H9FN2O3/c1-16-5-7-9(10(14)15)13-4-6(11)2-3-8(13)12-7/h2-4H,5H2,1H3,(H,14,15). The van der Waals surface area contributed by atoms with E-state index in [1.807, 2.05) is 0 Å². The first-order chi connectivity index (χ1) is 7.63. The van der Waals surface area contributed by atoms with Crippen LogP contribution in [0.2, 0.25) is 0 Å². The lowest BCUT2D eigenvalue weighted by Gasteiger charge is -1.98. The van der Waals surface area contributed by atoms with Crippen LogP contribution in [0, 0.1) is 5.82 Å². The lowest BCUT2D eigenvalue weighted by atomic mass is 10.3. The normalized spacial score (nSPS) is 10.9. The maximum absolute atomic E-state index is 13.0. The van der Waals surface area contributed by atoms with E-state index in [0.717, 1.165) is 6.20 Å². The largest absolute Gasteiger partial charge is 0.477 e. The van der Waals surface area contributed by atoms with Crippen molar-refractivity contribution in [1.82, 2.24) is 9.38 Å². The van der Waals surface area contributed by atoms with Crippen molar-refractivity contribution in [3.8, 4) is 0 Å². The van der Waals surface area contributed by atoms with Crippen molar-refractivity contribution in [3.63, 3.8) is 0 Å². The fraction of sp³-hybridized carbons (Fsp3) is 0.200. The smallest absolute Gasteiger partial charge is 0.354 e. The minimum absolute atomic E-state index is 0.0728. The predicted molar refractivity (Wildman–Crippen MR) is 52.8 cm³/mol. The van der Waals surface area contributed by atoms with Crippen LogP contribution in [0.5, 0.6) is 0 Å². The second-order valence-corrected chi connectivity index (χ2v) is 3.22. The summed E-state index contributed by atoms with van der Waals surface area (Å²) < 4.78 is 19.0. The van der Waals surface area contributed by atoms with Gasteiger partial charge in [0.15, 0.2) is 5.69 Å². The Hall–Kier alpha value is -1.95. The molecule has 2 heterocycles. The minimum atomic E-state index is -1.16. The molecule has 2 rings (SSSR count). The number of rotatable bonds is 3. The van der Waals surface area contributed by atoms with Crippen LogP contribution >= 0.6 is 0 Å². The van der Waals surface area contributed by atoms with Gasteiger partial charge in [-0.05, 0) is 12.1 Å². The maximum atomic E-state index is 13.0. The van der Waals surface area contributed by atoms with Crippen LogP contribution in [0.1, 0.15) is 16.2 Å². The van der Waals surface area contributed by atoms with Crippen LogP contribution < -0.4 is 0 Å². The van der Waals surface area contributed by atoms with E-state index >= 15 is 0 Å². The lowest BCUT2D eigenvalue weighted by Crippen LogP contribution is -2.06. The highest BCUT2D eigenvalue weighted by molar-refractivity contribution is 5.88. The molecule has 0 aliphatic rings. The number of imidazole rings is 1. The Morgan fingerprint density at radius 2 is 2.38 bits per heavy atom. The van der Waals surface area contributed by atoms with Gasteiger partial charge in [0.25, 0.3) is 0 Å². The summed E-state index contributed by atoms with van der Waals surface area (Å²) in [6, 6.07) is 2.64. The van der Waals surface area contributed by atoms with E-state index in [4.69, 9.17) is 9.84 Å². The molecule has 0 radical (unpaired) electrons. The number of halogens is 1. The summed E-state index contributed by atoms with van der Waals surface area (Å²) in [5.41, 5.74) is 0.586. The third kappa shape index (κ3) is 1.63. The molecule has 0 saturated carbocycles. The van der Waals surface area contributed by atoms with Gasteiger partial charge in [-0.25, -0.2) is 14.2 Å². The fourth-order valence-corrected chi connectivity index (χ4v) is 1.53. The van der Waals surface area contributed by atoms with Gasteiger partial charge < -0.3 is 9.84 Å². The Labute approximate surface area is 90.1 Å². The third-order valence-electron chi connectivity index (χ3n) is 2.14. The second kappa shape index (κ2) is 3.90. The van der Waals surface area contributed by atoms with E-state index in [1.165, 1.54) is 23.6 Å². The van der Waals surface area contributed by atoms with E-state index in [2.05, 4.69) is 4.98 Å². The fourth-order valence-electron chi connectivity index (χ4n) is 1.53. The molecule has 6 heteroatoms. The van der Waals surface area contributed by atoms with Gasteiger partial charge in [-0.15, -0.1) is 0 Å². The highest BCUT2D eigenvalue weighted by atomic mass is 19.1. The summed E-state index contributed by atoms with van der Waals surface area (Å²) in [5, 5.41) is 9.03. The van der Waals surface area contributed by atoms with E-state index in [1.54, 1.807) is 0 Å². The molecule has 2 aromatic heterocycles. The van der Waals surface area contributed by atoms with Crippen LogP contribution in [0.15, 0.2) is 18.3 Å². The number of carboxylic acid groups (broad SMARTS) is 1. The summed E-state index contributed by atoms with van der Waals surface area (Å²) >= 11 is 0. The van der Waals surface area contributed by atoms with Crippen molar-refractivity contribution in [2.24, 2.45) is 0 Å². The number of ether oxygens (including phenoxy) is 1. The first kappa shape index (κ1) is 10.6. The van der Waals surface area contributed by atoms with Gasteiger partial charge in [-0.2, -0.15) is 0 Å². The van der Waals surface area contributed by atoms with Gasteiger partial charge in [0.1, 0.15) is 17.2 Å². The van der Waals surface area contributed by atoms with Crippen LogP contribution in [0.25, 0.3) is 5.65 Å². The van der Waals surface area contributed by atoms with Crippen molar-refractivity contribution in [1.29, 1.82) is 0 Å². The Kier molecular flexibility index (Phi) is 2.57. The number of carboxylic acids is 1. The van der Waals surface area contributed by atoms with Crippen molar-refractivity contribution in [2.45, 2.75) is 6.61 Å². The Balaban J connectivity index is 2.72. The summed E-state index contributed by atoms with van der Waals surface area (Å²) in [5.74, 6) is -1.68. The third-order valence-corrected chi connectivity index (χ3v) is 2.14. The zero-order chi connectivity index (χ0) is 11.7. The predicted octanol–water partition coefficient (Wildman–Crippen LogP) is 1.32. The highest BCUT2D eigenvalue weighted by Crippen LogP contribution is 2.14. The van der Waals surface area contributed by atoms with Gasteiger partial charge in [0.2, 0.25) is 0 Å². The molecule has 0 spiro atoms. The van der Waals surface area contributed by atoms with E-state index in [-0.39, 0.29) is 18.0 Å². The van der Waals surface area contributed by atoms with Crippen LogP contribution in [-0.2, 0) is 11.3 Å². The summed E-state index contributed by atoms with van der Waals surface area (Å²) in [6.45, 7) is 0.0743. The van der Waals surface area contributed by atoms with Gasteiger partial charge in [-0.1, -0.05) is 0 Å². The van der Waals surface area contributed by atoms with E-state index in [9.17, 15) is 9.18 Å².